The second-order valence-corrected chi connectivity index (χ2v) is 13.4. The van der Waals surface area contributed by atoms with E-state index in [4.69, 9.17) is 28.4 Å². The monoisotopic (exact) mass is 690 g/mol. The fourth-order valence-electron chi connectivity index (χ4n) is 8.27. The van der Waals surface area contributed by atoms with Crippen LogP contribution in [-0.2, 0) is 29.2 Å². The van der Waals surface area contributed by atoms with E-state index in [0.29, 0.717) is 65.1 Å². The fourth-order valence-corrected chi connectivity index (χ4v) is 8.27. The van der Waals surface area contributed by atoms with Crippen LogP contribution in [0, 0.1) is 13.8 Å². The van der Waals surface area contributed by atoms with Gasteiger partial charge in [0.2, 0.25) is 12.7 Å². The molecule has 1 unspecified atom stereocenters. The maximum Gasteiger partial charge on any atom is 0.241 e. The molecule has 1 amide bonds. The minimum Gasteiger partial charge on any atom is -0.493 e. The summed E-state index contributed by atoms with van der Waals surface area (Å²) in [5, 5.41) is 16.3. The Morgan fingerprint density at radius 3 is 2.33 bits per heavy atom. The highest BCUT2D eigenvalue weighted by atomic mass is 16.7. The molecular formula is C41H42N2O8. The number of ether oxygens (including phenoxy) is 6. The zero-order valence-electron chi connectivity index (χ0n) is 29.0. The Hall–Kier alpha value is -5.03. The second kappa shape index (κ2) is 13.6. The van der Waals surface area contributed by atoms with Crippen LogP contribution in [0.2, 0.25) is 0 Å². The molecule has 10 heteroatoms. The molecule has 0 aliphatic carbocycles. The number of rotatable bonds is 11. The molecule has 4 aromatic carbocycles. The lowest BCUT2D eigenvalue weighted by atomic mass is 9.73. The molecule has 0 radical (unpaired) electrons. The molecule has 2 bridgehead atoms. The summed E-state index contributed by atoms with van der Waals surface area (Å²) in [5.41, 5.74) is 6.68. The number of benzene rings is 4. The maximum absolute atomic E-state index is 14.7. The lowest BCUT2D eigenvalue weighted by Gasteiger charge is -2.55. The predicted octanol–water partition coefficient (Wildman–Crippen LogP) is 5.96. The van der Waals surface area contributed by atoms with Gasteiger partial charge in [0.25, 0.3) is 0 Å². The molecule has 10 nitrogen and oxygen atoms in total. The van der Waals surface area contributed by atoms with Crippen LogP contribution in [0.25, 0.3) is 0 Å². The fraction of sp³-hybridized carbons (Fsp3) is 0.341. The lowest BCUT2D eigenvalue weighted by Crippen LogP contribution is -2.67. The summed E-state index contributed by atoms with van der Waals surface area (Å²) in [6.07, 6.45) is 0.929. The van der Waals surface area contributed by atoms with E-state index >= 15 is 0 Å². The molecule has 0 saturated carbocycles. The second-order valence-electron chi connectivity index (χ2n) is 13.4. The van der Waals surface area contributed by atoms with E-state index in [-0.39, 0.29) is 25.9 Å². The van der Waals surface area contributed by atoms with Crippen LogP contribution in [0.3, 0.4) is 0 Å². The van der Waals surface area contributed by atoms with Crippen molar-refractivity contribution in [2.24, 2.45) is 0 Å². The van der Waals surface area contributed by atoms with E-state index < -0.39 is 30.3 Å². The van der Waals surface area contributed by atoms with Crippen molar-refractivity contribution >= 4 is 5.91 Å². The van der Waals surface area contributed by atoms with Gasteiger partial charge in [-0.15, -0.1) is 0 Å². The third-order valence-electron chi connectivity index (χ3n) is 10.4. The average molecular weight is 691 g/mol. The number of carbonyl (C=O) groups excluding carboxylic acids is 1. The summed E-state index contributed by atoms with van der Waals surface area (Å²) in [4.78, 5) is 16.5. The number of carbonyl (C=O) groups is 1. The number of methoxy groups -OCH3 is 1. The van der Waals surface area contributed by atoms with E-state index in [9.17, 15) is 9.90 Å². The van der Waals surface area contributed by atoms with Gasteiger partial charge in [-0.05, 0) is 42.5 Å². The van der Waals surface area contributed by atoms with Crippen molar-refractivity contribution in [2.75, 3.05) is 27.1 Å². The van der Waals surface area contributed by atoms with Gasteiger partial charge < -0.3 is 38.4 Å². The lowest BCUT2D eigenvalue weighted by molar-refractivity contribution is -0.156. The van der Waals surface area contributed by atoms with Gasteiger partial charge in [0, 0.05) is 22.3 Å². The van der Waals surface area contributed by atoms with Gasteiger partial charge in [0.05, 0.1) is 44.5 Å². The minimum absolute atomic E-state index is 0.0139. The molecule has 4 aliphatic heterocycles. The first-order chi connectivity index (χ1) is 24.9. The molecule has 0 spiro atoms. The molecule has 264 valence electrons. The molecule has 4 aromatic rings. The largest absolute Gasteiger partial charge is 0.493 e. The van der Waals surface area contributed by atoms with E-state index in [2.05, 4.69) is 18.0 Å². The number of aryl methyl sites for hydroxylation is 1. The quantitative estimate of drug-likeness (QED) is 0.185. The third-order valence-corrected chi connectivity index (χ3v) is 10.4. The van der Waals surface area contributed by atoms with Crippen molar-refractivity contribution in [3.63, 3.8) is 0 Å². The summed E-state index contributed by atoms with van der Waals surface area (Å²) in [7, 11) is 1.64. The van der Waals surface area contributed by atoms with Gasteiger partial charge in [0.15, 0.2) is 23.0 Å². The van der Waals surface area contributed by atoms with Crippen molar-refractivity contribution < 1.29 is 38.3 Å². The number of nitrogens with one attached hydrogen (secondary N) is 1. The van der Waals surface area contributed by atoms with Crippen LogP contribution in [0.4, 0.5) is 0 Å². The van der Waals surface area contributed by atoms with Crippen LogP contribution in [0.5, 0.6) is 28.7 Å². The van der Waals surface area contributed by atoms with Gasteiger partial charge in [-0.25, -0.2) is 0 Å². The minimum atomic E-state index is -1.18. The number of fused-ring (bicyclic) bond motifs is 9. The van der Waals surface area contributed by atoms with E-state index in [0.717, 1.165) is 27.8 Å². The van der Waals surface area contributed by atoms with Gasteiger partial charge in [-0.1, -0.05) is 79.4 Å². The van der Waals surface area contributed by atoms with Crippen LogP contribution in [0.1, 0.15) is 62.7 Å². The molecule has 51 heavy (non-hydrogen) atoms. The standard InChI is InChI=1S/C41H42N2O8/c1-5-16-48-37-24(3)38-40(51-22-50-38)31-29(21-47-19-25-12-8-6-9-13-25)43-34(35(44)32(31)37)33-30-27(18-28(42-33)41(43)45)17-23(2)36(46-4)39(30)49-20-26-14-10-7-11-15-26/h5-15,17,28-29,33-35,42,44H,1,16,18-22H2,2-4H3/t28-,29-,33+,34-,35?/m0/s1. The topological polar surface area (TPSA) is 108 Å². The Bertz CT molecular complexity index is 1970. The van der Waals surface area contributed by atoms with Crippen molar-refractivity contribution in [1.82, 2.24) is 10.2 Å². The maximum atomic E-state index is 14.7. The first kappa shape index (κ1) is 33.1. The molecular weight excluding hydrogens is 648 g/mol. The normalized spacial score (nSPS) is 22.5. The number of nitrogens with zero attached hydrogens (tertiary/aromatic N) is 1. The molecule has 1 fully saturated rings. The Morgan fingerprint density at radius 2 is 1.63 bits per heavy atom. The molecule has 2 N–H and O–H groups in total. The molecule has 4 aliphatic rings. The van der Waals surface area contributed by atoms with Gasteiger partial charge in [-0.2, -0.15) is 0 Å². The molecule has 0 aromatic heterocycles. The smallest absolute Gasteiger partial charge is 0.241 e. The Labute approximate surface area is 297 Å². The zero-order valence-corrected chi connectivity index (χ0v) is 29.0. The van der Waals surface area contributed by atoms with Crippen LogP contribution in [-0.4, -0.2) is 55.1 Å². The summed E-state index contributed by atoms with van der Waals surface area (Å²) >= 11 is 0. The summed E-state index contributed by atoms with van der Waals surface area (Å²) in [6, 6.07) is 19.5. The Balaban J connectivity index is 1.29. The zero-order chi connectivity index (χ0) is 35.2. The molecule has 4 heterocycles. The summed E-state index contributed by atoms with van der Waals surface area (Å²) in [5.74, 6) is 2.62. The number of aliphatic hydroxyl groups is 1. The Kier molecular flexibility index (Phi) is 8.83. The highest BCUT2D eigenvalue weighted by Gasteiger charge is 2.57. The number of piperazine rings is 1. The highest BCUT2D eigenvalue weighted by Crippen LogP contribution is 2.59. The van der Waals surface area contributed by atoms with E-state index in [1.807, 2.05) is 79.4 Å². The summed E-state index contributed by atoms with van der Waals surface area (Å²) in [6.45, 7) is 8.77. The van der Waals surface area contributed by atoms with Crippen molar-refractivity contribution in [2.45, 2.75) is 63.8 Å². The number of hydrogen-bond donors (Lipinski definition) is 2. The molecule has 5 atom stereocenters. The first-order valence-corrected chi connectivity index (χ1v) is 17.4. The number of hydrogen-bond acceptors (Lipinski definition) is 9. The molecule has 8 rings (SSSR count). The van der Waals surface area contributed by atoms with Crippen molar-refractivity contribution in [3.8, 4) is 28.7 Å². The predicted molar refractivity (Wildman–Crippen MR) is 189 cm³/mol. The Morgan fingerprint density at radius 1 is 0.922 bits per heavy atom. The van der Waals surface area contributed by atoms with Gasteiger partial charge in [0.1, 0.15) is 25.1 Å². The average Bonchev–Trinajstić information content (AvgIpc) is 3.64. The summed E-state index contributed by atoms with van der Waals surface area (Å²) < 4.78 is 37.5. The van der Waals surface area contributed by atoms with Crippen LogP contribution >= 0.6 is 0 Å². The van der Waals surface area contributed by atoms with Crippen LogP contribution in [0.15, 0.2) is 79.4 Å². The SMILES string of the molecule is C=CCOc1c(C)c2c(c3c1C(O)[C@@H]1[C@@H]4N[C@@H](Cc5cc(C)c(OC)c(OCc6ccccc6)c54)C(=O)N1[C@H]3COCc1ccccc1)OCO2. The van der Waals surface area contributed by atoms with E-state index in [1.54, 1.807) is 13.2 Å². The van der Waals surface area contributed by atoms with Crippen LogP contribution < -0.4 is 29.0 Å². The highest BCUT2D eigenvalue weighted by molar-refractivity contribution is 5.87. The van der Waals surface area contributed by atoms with Crippen molar-refractivity contribution in [1.29, 1.82) is 0 Å². The van der Waals surface area contributed by atoms with Crippen molar-refractivity contribution in [3.05, 3.63) is 124 Å². The van der Waals surface area contributed by atoms with E-state index in [1.165, 1.54) is 0 Å². The van der Waals surface area contributed by atoms with Gasteiger partial charge >= 0.3 is 0 Å². The number of amides is 1. The van der Waals surface area contributed by atoms with Gasteiger partial charge in [-0.3, -0.25) is 10.1 Å². The molecule has 1 saturated heterocycles. The third kappa shape index (κ3) is 5.58. The first-order valence-electron chi connectivity index (χ1n) is 17.4. The number of aliphatic hydroxyl groups excluding tert-OH is 1.